The highest BCUT2D eigenvalue weighted by Gasteiger charge is 2.25. The standard InChI is InChI=1S/C45H30N2S2/c1-3-36(42(28-15-5-4-6-16-28)46-45-27(2)31-19-12-14-24-38(31)49-45)47-37-23-13-11-22-34(37)40-32-20-9-10-21-33(32)41-35-25-29-17-7-8-18-30(29)26-39(35)48-44(41)43(40)47/h3-26H,1-2H3/b36-3+,46-42?. The summed E-state index contributed by atoms with van der Waals surface area (Å²) in [6, 6.07) is 50.7. The van der Waals surface area contributed by atoms with Crippen molar-refractivity contribution in [3.63, 3.8) is 0 Å². The average Bonchev–Trinajstić information content (AvgIpc) is 3.80. The SMILES string of the molecule is C/C=C(\C(=Nc1sc2ccccc2c1C)c1ccccc1)n1c2ccccc2c2c3ccccc3c3c4cc5ccccc5cc4sc3c21. The van der Waals surface area contributed by atoms with Crippen LogP contribution in [0.5, 0.6) is 0 Å². The number of hydrogen-bond donors (Lipinski definition) is 0. The van der Waals surface area contributed by atoms with E-state index >= 15 is 0 Å². The highest BCUT2D eigenvalue weighted by molar-refractivity contribution is 7.27. The maximum Gasteiger partial charge on any atom is 0.120 e. The van der Waals surface area contributed by atoms with Crippen LogP contribution in [0.15, 0.2) is 151 Å². The Morgan fingerprint density at radius 1 is 0.592 bits per heavy atom. The molecule has 0 saturated carbocycles. The Bertz CT molecular complexity index is 3010. The summed E-state index contributed by atoms with van der Waals surface area (Å²) in [6.45, 7) is 4.36. The van der Waals surface area contributed by atoms with Gasteiger partial charge in [-0.25, -0.2) is 4.99 Å². The quantitative estimate of drug-likeness (QED) is 0.167. The molecule has 0 atom stereocenters. The van der Waals surface area contributed by atoms with Gasteiger partial charge >= 0.3 is 0 Å². The Morgan fingerprint density at radius 2 is 1.22 bits per heavy atom. The molecule has 3 heterocycles. The summed E-state index contributed by atoms with van der Waals surface area (Å²) < 4.78 is 6.38. The molecule has 3 aromatic heterocycles. The fourth-order valence-corrected chi connectivity index (χ4v) is 10.1. The number of fused-ring (bicyclic) bond motifs is 12. The van der Waals surface area contributed by atoms with Gasteiger partial charge < -0.3 is 4.57 Å². The number of rotatable bonds is 4. The Labute approximate surface area is 291 Å². The predicted octanol–water partition coefficient (Wildman–Crippen LogP) is 13.7. The van der Waals surface area contributed by atoms with Gasteiger partial charge in [-0.1, -0.05) is 121 Å². The summed E-state index contributed by atoms with van der Waals surface area (Å²) >= 11 is 3.67. The number of hydrogen-bond acceptors (Lipinski definition) is 3. The zero-order valence-corrected chi connectivity index (χ0v) is 28.7. The van der Waals surface area contributed by atoms with Gasteiger partial charge in [-0.2, -0.15) is 0 Å². The lowest BCUT2D eigenvalue weighted by atomic mass is 9.98. The van der Waals surface area contributed by atoms with Crippen LogP contribution in [0.3, 0.4) is 0 Å². The number of nitrogens with zero attached hydrogens (tertiary/aromatic N) is 2. The van der Waals surface area contributed by atoms with Crippen molar-refractivity contribution in [3.05, 3.63) is 157 Å². The molecular weight excluding hydrogens is 633 g/mol. The lowest BCUT2D eigenvalue weighted by Gasteiger charge is -2.16. The number of para-hydroxylation sites is 1. The summed E-state index contributed by atoms with van der Waals surface area (Å²) in [5.41, 5.74) is 6.78. The molecule has 10 aromatic rings. The molecule has 0 bridgehead atoms. The molecule has 0 aliphatic rings. The third-order valence-electron chi connectivity index (χ3n) is 9.95. The van der Waals surface area contributed by atoms with Crippen molar-refractivity contribution in [3.8, 4) is 0 Å². The van der Waals surface area contributed by atoms with Crippen LogP contribution >= 0.6 is 22.7 Å². The third kappa shape index (κ3) is 4.21. The second-order valence-corrected chi connectivity index (χ2v) is 14.7. The van der Waals surface area contributed by atoms with Crippen molar-refractivity contribution in [1.82, 2.24) is 4.57 Å². The maximum atomic E-state index is 5.58. The van der Waals surface area contributed by atoms with Gasteiger partial charge in [0.1, 0.15) is 5.00 Å². The molecule has 0 fully saturated rings. The molecule has 0 aliphatic heterocycles. The first-order valence-corrected chi connectivity index (χ1v) is 18.3. The second-order valence-electron chi connectivity index (χ2n) is 12.7. The average molecular weight is 663 g/mol. The molecule has 4 heteroatoms. The minimum Gasteiger partial charge on any atom is -0.306 e. The lowest BCUT2D eigenvalue weighted by molar-refractivity contribution is 1.25. The number of aliphatic imine (C=N–C) groups is 1. The molecule has 7 aromatic carbocycles. The molecule has 0 aliphatic carbocycles. The Balaban J connectivity index is 1.38. The predicted molar refractivity (Wildman–Crippen MR) is 216 cm³/mol. The summed E-state index contributed by atoms with van der Waals surface area (Å²) in [5.74, 6) is 0. The van der Waals surface area contributed by atoms with E-state index in [9.17, 15) is 0 Å². The van der Waals surface area contributed by atoms with Gasteiger partial charge in [0.05, 0.1) is 27.1 Å². The minimum absolute atomic E-state index is 0.966. The van der Waals surface area contributed by atoms with Gasteiger partial charge in [-0.15, -0.1) is 22.7 Å². The van der Waals surface area contributed by atoms with E-state index < -0.39 is 0 Å². The summed E-state index contributed by atoms with van der Waals surface area (Å²) in [4.78, 5) is 5.58. The molecule has 232 valence electrons. The number of benzene rings is 7. The molecule has 0 unspecified atom stereocenters. The monoisotopic (exact) mass is 662 g/mol. The van der Waals surface area contributed by atoms with Crippen LogP contribution in [0.25, 0.3) is 79.3 Å². The van der Waals surface area contributed by atoms with Crippen molar-refractivity contribution in [2.75, 3.05) is 0 Å². The lowest BCUT2D eigenvalue weighted by Crippen LogP contribution is -2.10. The molecule has 0 saturated heterocycles. The number of thiophene rings is 2. The normalized spacial score (nSPS) is 12.9. The van der Waals surface area contributed by atoms with Crippen molar-refractivity contribution in [2.24, 2.45) is 4.99 Å². The van der Waals surface area contributed by atoms with Crippen LogP contribution in [-0.2, 0) is 0 Å². The van der Waals surface area contributed by atoms with Crippen molar-refractivity contribution in [1.29, 1.82) is 0 Å². The van der Waals surface area contributed by atoms with Crippen LogP contribution in [0.1, 0.15) is 18.1 Å². The molecule has 49 heavy (non-hydrogen) atoms. The Hall–Kier alpha value is -5.55. The van der Waals surface area contributed by atoms with E-state index in [4.69, 9.17) is 4.99 Å². The van der Waals surface area contributed by atoms with E-state index in [1.54, 1.807) is 11.3 Å². The zero-order chi connectivity index (χ0) is 32.6. The smallest absolute Gasteiger partial charge is 0.120 e. The molecule has 0 radical (unpaired) electrons. The number of allylic oxidation sites excluding steroid dienone is 2. The highest BCUT2D eigenvalue weighted by atomic mass is 32.1. The van der Waals surface area contributed by atoms with Gasteiger partial charge in [0.2, 0.25) is 0 Å². The topological polar surface area (TPSA) is 17.3 Å². The second kappa shape index (κ2) is 11.0. The van der Waals surface area contributed by atoms with E-state index in [0.717, 1.165) is 22.0 Å². The van der Waals surface area contributed by atoms with Crippen LogP contribution < -0.4 is 0 Å². The Kier molecular flexibility index (Phi) is 6.39. The van der Waals surface area contributed by atoms with Crippen LogP contribution in [0, 0.1) is 6.92 Å². The first-order valence-electron chi connectivity index (χ1n) is 16.7. The van der Waals surface area contributed by atoms with Crippen molar-refractivity contribution >= 4 is 113 Å². The zero-order valence-electron chi connectivity index (χ0n) is 27.1. The number of aromatic nitrogens is 1. The molecule has 0 N–H and O–H groups in total. The van der Waals surface area contributed by atoms with Crippen LogP contribution in [-0.4, -0.2) is 10.3 Å². The van der Waals surface area contributed by atoms with E-state index in [1.807, 2.05) is 11.3 Å². The summed E-state index contributed by atoms with van der Waals surface area (Å²) in [5, 5.41) is 12.6. The largest absolute Gasteiger partial charge is 0.306 e. The summed E-state index contributed by atoms with van der Waals surface area (Å²) in [7, 11) is 0. The number of aryl methyl sites for hydroxylation is 1. The molecule has 0 spiro atoms. The highest BCUT2D eigenvalue weighted by Crippen LogP contribution is 2.49. The minimum atomic E-state index is 0.966. The molecule has 10 rings (SSSR count). The van der Waals surface area contributed by atoms with E-state index in [-0.39, 0.29) is 0 Å². The molecular formula is C45H30N2S2. The van der Waals surface area contributed by atoms with Gasteiger partial charge in [0.15, 0.2) is 0 Å². The van der Waals surface area contributed by atoms with Gasteiger partial charge in [0.25, 0.3) is 0 Å². The van der Waals surface area contributed by atoms with E-state index in [2.05, 4.69) is 164 Å². The van der Waals surface area contributed by atoms with Gasteiger partial charge in [0, 0.05) is 36.5 Å². The maximum absolute atomic E-state index is 5.58. The van der Waals surface area contributed by atoms with Gasteiger partial charge in [-0.05, 0) is 70.6 Å². The van der Waals surface area contributed by atoms with Crippen LogP contribution in [0.4, 0.5) is 5.00 Å². The third-order valence-corrected chi connectivity index (χ3v) is 12.3. The molecule has 0 amide bonds. The van der Waals surface area contributed by atoms with Crippen LogP contribution in [0.2, 0.25) is 0 Å². The fourth-order valence-electron chi connectivity index (χ4n) is 7.72. The van der Waals surface area contributed by atoms with E-state index in [0.29, 0.717) is 0 Å². The van der Waals surface area contributed by atoms with Gasteiger partial charge in [-0.3, -0.25) is 0 Å². The molecule has 2 nitrogen and oxygen atoms in total. The Morgan fingerprint density at radius 3 is 1.98 bits per heavy atom. The first-order chi connectivity index (χ1) is 24.2. The van der Waals surface area contributed by atoms with Crippen molar-refractivity contribution in [2.45, 2.75) is 13.8 Å². The van der Waals surface area contributed by atoms with E-state index in [1.165, 1.54) is 79.2 Å². The first kappa shape index (κ1) is 28.5. The van der Waals surface area contributed by atoms with Crippen molar-refractivity contribution < 1.29 is 0 Å². The fraction of sp³-hybridized carbons (Fsp3) is 0.0444. The summed E-state index contributed by atoms with van der Waals surface area (Å²) in [6.07, 6.45) is 2.25.